The van der Waals surface area contributed by atoms with E-state index < -0.39 is 11.9 Å². The molecule has 0 aromatic heterocycles. The summed E-state index contributed by atoms with van der Waals surface area (Å²) in [6, 6.07) is 24.1. The largest absolute Gasteiger partial charge is 0.497 e. The average Bonchev–Trinajstić information content (AvgIpc) is 2.77. The van der Waals surface area contributed by atoms with Crippen LogP contribution in [0.3, 0.4) is 0 Å². The lowest BCUT2D eigenvalue weighted by Crippen LogP contribution is -2.33. The third-order valence-corrected chi connectivity index (χ3v) is 3.87. The van der Waals surface area contributed by atoms with E-state index >= 15 is 0 Å². The SMILES string of the molecule is COc1ccc(C(=O)ON(OCc2ccccc2)C(=O)c2ccccc2)cc1. The van der Waals surface area contributed by atoms with E-state index in [4.69, 9.17) is 14.4 Å². The standard InChI is InChI=1S/C22H19NO5/c1-26-20-14-12-19(13-15-20)22(25)28-23(21(24)18-10-6-3-7-11-18)27-16-17-8-4-2-5-9-17/h2-15H,16H2,1H3. The molecule has 28 heavy (non-hydrogen) atoms. The van der Waals surface area contributed by atoms with Crippen molar-refractivity contribution in [3.63, 3.8) is 0 Å². The first-order chi connectivity index (χ1) is 13.7. The molecule has 1 amide bonds. The number of hydroxylamine groups is 2. The monoisotopic (exact) mass is 377 g/mol. The van der Waals surface area contributed by atoms with Crippen LogP contribution < -0.4 is 4.74 Å². The molecule has 0 aliphatic heterocycles. The zero-order valence-electron chi connectivity index (χ0n) is 15.3. The Balaban J connectivity index is 1.76. The molecule has 0 saturated carbocycles. The van der Waals surface area contributed by atoms with Gasteiger partial charge in [0.05, 0.1) is 12.7 Å². The van der Waals surface area contributed by atoms with Crippen molar-refractivity contribution in [3.05, 3.63) is 102 Å². The van der Waals surface area contributed by atoms with E-state index in [-0.39, 0.29) is 12.2 Å². The van der Waals surface area contributed by atoms with Crippen molar-refractivity contribution in [1.82, 2.24) is 5.23 Å². The molecule has 0 fully saturated rings. The fraction of sp³-hybridized carbons (Fsp3) is 0.0909. The van der Waals surface area contributed by atoms with Gasteiger partial charge in [0.15, 0.2) is 0 Å². The van der Waals surface area contributed by atoms with Gasteiger partial charge in [0.2, 0.25) is 0 Å². The van der Waals surface area contributed by atoms with E-state index in [1.54, 1.807) is 54.6 Å². The molecule has 3 rings (SSSR count). The van der Waals surface area contributed by atoms with Crippen LogP contribution in [0.15, 0.2) is 84.9 Å². The molecule has 6 nitrogen and oxygen atoms in total. The molecule has 0 bridgehead atoms. The van der Waals surface area contributed by atoms with E-state index in [1.807, 2.05) is 30.3 Å². The number of methoxy groups -OCH3 is 1. The Hall–Kier alpha value is -3.64. The Bertz CT molecular complexity index is 911. The zero-order chi connectivity index (χ0) is 19.8. The molecule has 3 aromatic rings. The highest BCUT2D eigenvalue weighted by Gasteiger charge is 2.23. The molecule has 0 spiro atoms. The van der Waals surface area contributed by atoms with Gasteiger partial charge in [-0.05, 0) is 47.2 Å². The summed E-state index contributed by atoms with van der Waals surface area (Å²) in [7, 11) is 1.53. The molecule has 6 heteroatoms. The van der Waals surface area contributed by atoms with Crippen LogP contribution in [0, 0.1) is 0 Å². The molecule has 0 aliphatic rings. The van der Waals surface area contributed by atoms with Crippen LogP contribution in [0.25, 0.3) is 0 Å². The lowest BCUT2D eigenvalue weighted by molar-refractivity contribution is -0.300. The van der Waals surface area contributed by atoms with Crippen molar-refractivity contribution >= 4 is 11.9 Å². The van der Waals surface area contributed by atoms with Crippen LogP contribution >= 0.6 is 0 Å². The maximum atomic E-state index is 12.7. The lowest BCUT2D eigenvalue weighted by atomic mass is 10.2. The first-order valence-corrected chi connectivity index (χ1v) is 8.60. The van der Waals surface area contributed by atoms with E-state index in [1.165, 1.54) is 7.11 Å². The van der Waals surface area contributed by atoms with Gasteiger partial charge in [-0.2, -0.15) is 0 Å². The highest BCUT2D eigenvalue weighted by atomic mass is 17.0. The summed E-state index contributed by atoms with van der Waals surface area (Å²) >= 11 is 0. The van der Waals surface area contributed by atoms with Crippen molar-refractivity contribution in [3.8, 4) is 5.75 Å². The third-order valence-electron chi connectivity index (χ3n) is 3.87. The van der Waals surface area contributed by atoms with Gasteiger partial charge in [-0.15, -0.1) is 0 Å². The zero-order valence-corrected chi connectivity index (χ0v) is 15.3. The number of carbonyl (C=O) groups excluding carboxylic acids is 2. The lowest BCUT2D eigenvalue weighted by Gasteiger charge is -2.20. The van der Waals surface area contributed by atoms with E-state index in [9.17, 15) is 9.59 Å². The van der Waals surface area contributed by atoms with Crippen molar-refractivity contribution < 1.29 is 24.0 Å². The highest BCUT2D eigenvalue weighted by Crippen LogP contribution is 2.15. The van der Waals surface area contributed by atoms with Gasteiger partial charge in [0.1, 0.15) is 12.4 Å². The Morgan fingerprint density at radius 1 is 0.786 bits per heavy atom. The first-order valence-electron chi connectivity index (χ1n) is 8.60. The molecule has 142 valence electrons. The van der Waals surface area contributed by atoms with Crippen LogP contribution in [0.4, 0.5) is 0 Å². The van der Waals surface area contributed by atoms with Gasteiger partial charge in [-0.25, -0.2) is 9.63 Å². The fourth-order valence-electron chi connectivity index (χ4n) is 2.38. The minimum atomic E-state index is -0.722. The van der Waals surface area contributed by atoms with Gasteiger partial charge >= 0.3 is 11.9 Å². The second-order valence-corrected chi connectivity index (χ2v) is 5.79. The van der Waals surface area contributed by atoms with Crippen LogP contribution in [0.2, 0.25) is 0 Å². The van der Waals surface area contributed by atoms with E-state index in [0.717, 1.165) is 5.56 Å². The van der Waals surface area contributed by atoms with Gasteiger partial charge < -0.3 is 9.57 Å². The van der Waals surface area contributed by atoms with Crippen LogP contribution in [0.1, 0.15) is 26.3 Å². The summed E-state index contributed by atoms with van der Waals surface area (Å²) in [5, 5.41) is 0.620. The van der Waals surface area contributed by atoms with Crippen LogP contribution in [-0.2, 0) is 16.3 Å². The molecule has 0 aliphatic carbocycles. The molecular formula is C22H19NO5. The van der Waals surface area contributed by atoms with E-state index in [2.05, 4.69) is 0 Å². The molecule has 0 radical (unpaired) electrons. The van der Waals surface area contributed by atoms with Crippen molar-refractivity contribution in [2.75, 3.05) is 7.11 Å². The van der Waals surface area contributed by atoms with Gasteiger partial charge in [-0.1, -0.05) is 48.5 Å². The molecule has 0 unspecified atom stereocenters. The van der Waals surface area contributed by atoms with Crippen LogP contribution in [0.5, 0.6) is 5.75 Å². The number of benzene rings is 3. The molecule has 3 aromatic carbocycles. The summed E-state index contributed by atoms with van der Waals surface area (Å²) in [4.78, 5) is 35.9. The van der Waals surface area contributed by atoms with Gasteiger partial charge in [-0.3, -0.25) is 4.79 Å². The summed E-state index contributed by atoms with van der Waals surface area (Å²) in [6.07, 6.45) is 0. The average molecular weight is 377 g/mol. The van der Waals surface area contributed by atoms with Crippen molar-refractivity contribution in [2.24, 2.45) is 0 Å². The maximum absolute atomic E-state index is 12.7. The predicted octanol–water partition coefficient (Wildman–Crippen LogP) is 4.04. The topological polar surface area (TPSA) is 65.1 Å². The Labute approximate surface area is 162 Å². The number of amides is 1. The number of hydrogen-bond acceptors (Lipinski definition) is 5. The minimum Gasteiger partial charge on any atom is -0.497 e. The molecule has 0 atom stereocenters. The fourth-order valence-corrected chi connectivity index (χ4v) is 2.38. The van der Waals surface area contributed by atoms with Gasteiger partial charge in [0, 0.05) is 5.56 Å². The Kier molecular flexibility index (Phi) is 6.38. The summed E-state index contributed by atoms with van der Waals surface area (Å²) in [6.45, 7) is 0.0648. The van der Waals surface area contributed by atoms with Gasteiger partial charge in [0.25, 0.3) is 0 Å². The second-order valence-electron chi connectivity index (χ2n) is 5.79. The summed E-state index contributed by atoms with van der Waals surface area (Å²) in [5.41, 5.74) is 1.42. The van der Waals surface area contributed by atoms with Crippen molar-refractivity contribution in [1.29, 1.82) is 0 Å². The second kappa shape index (κ2) is 9.34. The molecule has 0 saturated heterocycles. The summed E-state index contributed by atoms with van der Waals surface area (Å²) < 4.78 is 5.07. The quantitative estimate of drug-likeness (QED) is 0.607. The number of ether oxygens (including phenoxy) is 1. The smallest absolute Gasteiger partial charge is 0.366 e. The molecule has 0 N–H and O–H groups in total. The third kappa shape index (κ3) is 4.96. The Morgan fingerprint density at radius 2 is 1.39 bits per heavy atom. The number of nitrogens with zero attached hydrogens (tertiary/aromatic N) is 1. The molecule has 0 heterocycles. The highest BCUT2D eigenvalue weighted by molar-refractivity contribution is 5.95. The van der Waals surface area contributed by atoms with Crippen molar-refractivity contribution in [2.45, 2.75) is 6.61 Å². The van der Waals surface area contributed by atoms with Crippen LogP contribution in [-0.4, -0.2) is 24.2 Å². The number of rotatable bonds is 6. The first kappa shape index (κ1) is 19.1. The Morgan fingerprint density at radius 3 is 2.00 bits per heavy atom. The number of hydrogen-bond donors (Lipinski definition) is 0. The number of carbonyl (C=O) groups is 2. The predicted molar refractivity (Wildman–Crippen MR) is 102 cm³/mol. The summed E-state index contributed by atoms with van der Waals surface area (Å²) in [5.74, 6) is -0.701. The maximum Gasteiger partial charge on any atom is 0.366 e. The minimum absolute atomic E-state index is 0.0648. The normalized spacial score (nSPS) is 10.2. The molecular weight excluding hydrogens is 358 g/mol. The van der Waals surface area contributed by atoms with E-state index in [0.29, 0.717) is 16.5 Å².